The van der Waals surface area contributed by atoms with Gasteiger partial charge in [-0.05, 0) is 24.3 Å². The van der Waals surface area contributed by atoms with Crippen molar-refractivity contribution >= 4 is 46.4 Å². The average Bonchev–Trinajstić information content (AvgIpc) is 2.47. The molecule has 118 valence electrons. The molecule has 6 N–H and O–H groups in total. The number of phenolic OH excluding ortho intramolecular Hbond substituents is 2. The van der Waals surface area contributed by atoms with Crippen LogP contribution in [-0.4, -0.2) is 10.2 Å². The van der Waals surface area contributed by atoms with Crippen LogP contribution >= 0.6 is 46.4 Å². The van der Waals surface area contributed by atoms with Crippen molar-refractivity contribution < 1.29 is 10.2 Å². The fourth-order valence-electron chi connectivity index (χ4n) is 2.09. The molecule has 2 rings (SSSR count). The molecule has 0 aliphatic carbocycles. The lowest BCUT2D eigenvalue weighted by Crippen LogP contribution is -2.27. The minimum Gasteiger partial charge on any atom is -0.506 e. The number of rotatable bonds is 3. The van der Waals surface area contributed by atoms with Gasteiger partial charge in [0.25, 0.3) is 0 Å². The van der Waals surface area contributed by atoms with Crippen molar-refractivity contribution in [3.05, 3.63) is 55.5 Å². The lowest BCUT2D eigenvalue weighted by atomic mass is 9.94. The van der Waals surface area contributed by atoms with Crippen LogP contribution in [0.1, 0.15) is 23.2 Å². The number of benzene rings is 2. The quantitative estimate of drug-likeness (QED) is 0.633. The number of halogens is 4. The van der Waals surface area contributed by atoms with Crippen molar-refractivity contribution in [2.24, 2.45) is 11.5 Å². The Morgan fingerprint density at radius 2 is 1.00 bits per heavy atom. The lowest BCUT2D eigenvalue weighted by molar-refractivity contribution is 0.469. The van der Waals surface area contributed by atoms with Gasteiger partial charge in [0.05, 0.1) is 22.1 Å². The predicted octanol–water partition coefficient (Wildman–Crippen LogP) is 4.41. The highest BCUT2D eigenvalue weighted by atomic mass is 35.5. The standard InChI is InChI=1S/C14H12Cl4N2O2/c15-5-1-3-7(21)11(17)9(5)13(19)14(20)10-6(16)2-4-8(22)12(10)18/h1-4,13-14,21-22H,19-20H2/t13-,14+. The van der Waals surface area contributed by atoms with Gasteiger partial charge in [-0.15, -0.1) is 0 Å². The molecule has 0 radical (unpaired) electrons. The van der Waals surface area contributed by atoms with Crippen LogP contribution in [0.5, 0.6) is 11.5 Å². The first kappa shape index (κ1) is 17.5. The molecule has 8 heteroatoms. The van der Waals surface area contributed by atoms with Crippen molar-refractivity contribution in [2.75, 3.05) is 0 Å². The predicted molar refractivity (Wildman–Crippen MR) is 90.1 cm³/mol. The molecule has 0 bridgehead atoms. The Morgan fingerprint density at radius 3 is 1.32 bits per heavy atom. The molecular formula is C14H12Cl4N2O2. The summed E-state index contributed by atoms with van der Waals surface area (Å²) in [4.78, 5) is 0. The smallest absolute Gasteiger partial charge is 0.134 e. The van der Waals surface area contributed by atoms with Crippen LogP contribution in [0.25, 0.3) is 0 Å². The second-order valence-corrected chi connectivity index (χ2v) is 6.21. The Balaban J connectivity index is 2.54. The van der Waals surface area contributed by atoms with E-state index in [-0.39, 0.29) is 42.7 Å². The van der Waals surface area contributed by atoms with Crippen molar-refractivity contribution in [3.8, 4) is 11.5 Å². The van der Waals surface area contributed by atoms with Gasteiger partial charge in [-0.3, -0.25) is 0 Å². The third kappa shape index (κ3) is 3.08. The third-order valence-electron chi connectivity index (χ3n) is 3.27. The molecule has 0 saturated carbocycles. The normalized spacial score (nSPS) is 13.9. The maximum absolute atomic E-state index is 9.70. The molecule has 0 spiro atoms. The number of phenols is 2. The van der Waals surface area contributed by atoms with Crippen LogP contribution in [-0.2, 0) is 0 Å². The van der Waals surface area contributed by atoms with E-state index in [1.807, 2.05) is 0 Å². The zero-order chi connectivity index (χ0) is 16.6. The van der Waals surface area contributed by atoms with E-state index in [9.17, 15) is 10.2 Å². The summed E-state index contributed by atoms with van der Waals surface area (Å²) in [6.07, 6.45) is 0. The van der Waals surface area contributed by atoms with Gasteiger partial charge in [-0.25, -0.2) is 0 Å². The largest absolute Gasteiger partial charge is 0.506 e. The van der Waals surface area contributed by atoms with E-state index in [2.05, 4.69) is 0 Å². The Labute approximate surface area is 147 Å². The van der Waals surface area contributed by atoms with Crippen LogP contribution in [0.3, 0.4) is 0 Å². The van der Waals surface area contributed by atoms with E-state index in [4.69, 9.17) is 57.9 Å². The van der Waals surface area contributed by atoms with Crippen LogP contribution in [0.2, 0.25) is 20.1 Å². The highest BCUT2D eigenvalue weighted by molar-refractivity contribution is 6.37. The van der Waals surface area contributed by atoms with E-state index in [0.29, 0.717) is 0 Å². The Bertz CT molecular complexity index is 663. The van der Waals surface area contributed by atoms with Crippen molar-refractivity contribution in [2.45, 2.75) is 12.1 Å². The summed E-state index contributed by atoms with van der Waals surface area (Å²) in [6, 6.07) is 3.81. The highest BCUT2D eigenvalue weighted by Gasteiger charge is 2.27. The molecule has 0 unspecified atom stereocenters. The van der Waals surface area contributed by atoms with Crippen LogP contribution in [0.4, 0.5) is 0 Å². The summed E-state index contributed by atoms with van der Waals surface area (Å²) in [5, 5.41) is 19.9. The molecule has 0 amide bonds. The maximum atomic E-state index is 9.70. The van der Waals surface area contributed by atoms with Crippen molar-refractivity contribution in [1.82, 2.24) is 0 Å². The number of hydrogen-bond donors (Lipinski definition) is 4. The second kappa shape index (κ2) is 6.71. The molecular weight excluding hydrogens is 370 g/mol. The monoisotopic (exact) mass is 380 g/mol. The van der Waals surface area contributed by atoms with Gasteiger partial charge in [-0.1, -0.05) is 46.4 Å². The SMILES string of the molecule is N[C@H](c1c(Cl)ccc(O)c1Cl)[C@@H](N)c1c(Cl)ccc(O)c1Cl. The van der Waals surface area contributed by atoms with Gasteiger partial charge >= 0.3 is 0 Å². The Morgan fingerprint density at radius 1 is 0.682 bits per heavy atom. The van der Waals surface area contributed by atoms with E-state index >= 15 is 0 Å². The minimum absolute atomic E-state index is 0.00264. The number of hydrogen-bond acceptors (Lipinski definition) is 4. The first-order valence-electron chi connectivity index (χ1n) is 6.10. The molecule has 0 aliphatic heterocycles. The van der Waals surface area contributed by atoms with Crippen LogP contribution in [0.15, 0.2) is 24.3 Å². The third-order valence-corrected chi connectivity index (χ3v) is 4.72. The van der Waals surface area contributed by atoms with Gasteiger partial charge < -0.3 is 21.7 Å². The average molecular weight is 382 g/mol. The Hall–Kier alpha value is -0.880. The molecule has 2 aromatic rings. The summed E-state index contributed by atoms with van der Waals surface area (Å²) in [5.74, 6) is -0.339. The fourth-order valence-corrected chi connectivity index (χ4v) is 3.33. The lowest BCUT2D eigenvalue weighted by Gasteiger charge is -2.24. The van der Waals surface area contributed by atoms with Gasteiger partial charge in [-0.2, -0.15) is 0 Å². The van der Waals surface area contributed by atoms with E-state index in [1.165, 1.54) is 24.3 Å². The van der Waals surface area contributed by atoms with E-state index in [0.717, 1.165) is 0 Å². The summed E-state index contributed by atoms with van der Waals surface area (Å²) in [5.41, 5.74) is 12.8. The van der Waals surface area contributed by atoms with Gasteiger partial charge in [0.2, 0.25) is 0 Å². The molecule has 2 atom stereocenters. The summed E-state index contributed by atoms with van der Waals surface area (Å²) in [6.45, 7) is 0. The molecule has 0 fully saturated rings. The second-order valence-electron chi connectivity index (χ2n) is 4.64. The zero-order valence-corrected chi connectivity index (χ0v) is 14.0. The van der Waals surface area contributed by atoms with Gasteiger partial charge in [0.15, 0.2) is 0 Å². The van der Waals surface area contributed by atoms with Gasteiger partial charge in [0, 0.05) is 21.2 Å². The van der Waals surface area contributed by atoms with E-state index in [1.54, 1.807) is 0 Å². The maximum Gasteiger partial charge on any atom is 0.134 e. The van der Waals surface area contributed by atoms with Crippen LogP contribution in [0, 0.1) is 0 Å². The molecule has 0 saturated heterocycles. The first-order valence-corrected chi connectivity index (χ1v) is 7.61. The molecule has 0 heterocycles. The van der Waals surface area contributed by atoms with Gasteiger partial charge in [0.1, 0.15) is 11.5 Å². The highest BCUT2D eigenvalue weighted by Crippen LogP contribution is 2.43. The minimum atomic E-state index is -0.899. The van der Waals surface area contributed by atoms with Crippen molar-refractivity contribution in [1.29, 1.82) is 0 Å². The molecule has 0 aromatic heterocycles. The summed E-state index contributed by atoms with van der Waals surface area (Å²) in [7, 11) is 0. The van der Waals surface area contributed by atoms with Crippen molar-refractivity contribution in [3.63, 3.8) is 0 Å². The Kier molecular flexibility index (Phi) is 5.33. The molecule has 22 heavy (non-hydrogen) atoms. The van der Waals surface area contributed by atoms with E-state index < -0.39 is 12.1 Å². The number of aromatic hydroxyl groups is 2. The summed E-state index contributed by atoms with van der Waals surface area (Å²) >= 11 is 24.3. The number of nitrogens with two attached hydrogens (primary N) is 2. The first-order chi connectivity index (χ1) is 10.3. The molecule has 2 aromatic carbocycles. The van der Waals surface area contributed by atoms with Crippen LogP contribution < -0.4 is 11.5 Å². The molecule has 0 aliphatic rings. The zero-order valence-electron chi connectivity index (χ0n) is 11.0. The fraction of sp³-hybridized carbons (Fsp3) is 0.143. The summed E-state index contributed by atoms with van der Waals surface area (Å²) < 4.78 is 0. The molecule has 4 nitrogen and oxygen atoms in total. The topological polar surface area (TPSA) is 92.5 Å².